The largest absolute Gasteiger partial charge is 0.462 e. The molecule has 1 N–H and O–H groups in total. The molecule has 0 saturated heterocycles. The Kier molecular flexibility index (Phi) is 16.1. The third kappa shape index (κ3) is 10.5. The van der Waals surface area contributed by atoms with Gasteiger partial charge < -0.3 is 9.84 Å². The van der Waals surface area contributed by atoms with E-state index in [0.29, 0.717) is 29.6 Å². The molecule has 48 heavy (non-hydrogen) atoms. The van der Waals surface area contributed by atoms with Gasteiger partial charge in [0.05, 0.1) is 6.10 Å². The average molecular weight is 667 g/mol. The van der Waals surface area contributed by atoms with Crippen LogP contribution in [-0.2, 0) is 9.53 Å². The number of hydrogen-bond donors (Lipinski definition) is 1. The van der Waals surface area contributed by atoms with E-state index in [1.165, 1.54) is 121 Å². The number of fused-ring (bicyclic) bond motifs is 5. The van der Waals surface area contributed by atoms with Crippen LogP contribution >= 0.6 is 0 Å². The predicted molar refractivity (Wildman–Crippen MR) is 204 cm³/mol. The van der Waals surface area contributed by atoms with Gasteiger partial charge in [0, 0.05) is 12.8 Å². The summed E-state index contributed by atoms with van der Waals surface area (Å²) in [5, 5.41) is 11.7. The number of carbonyl (C=O) groups is 1. The summed E-state index contributed by atoms with van der Waals surface area (Å²) in [5.41, 5.74) is 1.91. The van der Waals surface area contributed by atoms with Crippen molar-refractivity contribution < 1.29 is 14.6 Å². The standard InChI is InChI=1S/C45H78O3/c1-7-8-9-10-11-12-13-14-15-16-17-18-19-20-21-25-42(47)48-37-28-30-44(5)36(32-37)33-41(46)43-39-27-26-38(35(4)24-22-23-34(2)3)45(39,6)31-29-40(43)44/h14-15,33-35,37-41,43,46H,7-13,16-32H2,1-6H3/b15-14-/t35-,37+,38-,39+,40+,41+,43+,44+,45-/m1/s1. The molecule has 0 unspecified atom stereocenters. The molecular weight excluding hydrogens is 588 g/mol. The van der Waals surface area contributed by atoms with Crippen molar-refractivity contribution in [2.24, 2.45) is 46.3 Å². The van der Waals surface area contributed by atoms with Crippen LogP contribution in [0, 0.1) is 46.3 Å². The minimum atomic E-state index is -0.344. The zero-order valence-electron chi connectivity index (χ0n) is 32.6. The second-order valence-electron chi connectivity index (χ2n) is 18.1. The molecule has 0 amide bonds. The average Bonchev–Trinajstić information content (AvgIpc) is 3.40. The first-order chi connectivity index (χ1) is 23.1. The molecule has 0 aromatic heterocycles. The Balaban J connectivity index is 1.15. The van der Waals surface area contributed by atoms with Gasteiger partial charge in [-0.3, -0.25) is 4.79 Å². The number of ether oxygens (including phenoxy) is 1. The predicted octanol–water partition coefficient (Wildman–Crippen LogP) is 12.9. The fraction of sp³-hybridized carbons (Fsp3) is 0.889. The Morgan fingerprint density at radius 1 is 0.833 bits per heavy atom. The van der Waals surface area contributed by atoms with Crippen LogP contribution < -0.4 is 0 Å². The number of hydrogen-bond acceptors (Lipinski definition) is 3. The molecule has 3 saturated carbocycles. The van der Waals surface area contributed by atoms with Gasteiger partial charge in [-0.25, -0.2) is 0 Å². The van der Waals surface area contributed by atoms with Gasteiger partial charge in [0.15, 0.2) is 0 Å². The van der Waals surface area contributed by atoms with Crippen molar-refractivity contribution in [3.05, 3.63) is 23.8 Å². The van der Waals surface area contributed by atoms with Gasteiger partial charge in [-0.05, 0) is 117 Å². The third-order valence-corrected chi connectivity index (χ3v) is 14.2. The normalized spacial score (nSPS) is 33.7. The van der Waals surface area contributed by atoms with Crippen LogP contribution in [0.3, 0.4) is 0 Å². The number of rotatable bonds is 21. The molecule has 276 valence electrons. The maximum Gasteiger partial charge on any atom is 0.306 e. The van der Waals surface area contributed by atoms with Gasteiger partial charge in [0.1, 0.15) is 6.10 Å². The van der Waals surface area contributed by atoms with Crippen LogP contribution in [0.2, 0.25) is 0 Å². The van der Waals surface area contributed by atoms with Crippen molar-refractivity contribution in [2.45, 2.75) is 208 Å². The lowest BCUT2D eigenvalue weighted by Crippen LogP contribution is -2.55. The summed E-state index contributed by atoms with van der Waals surface area (Å²) in [6.07, 6.45) is 35.9. The van der Waals surface area contributed by atoms with E-state index >= 15 is 0 Å². The first-order valence-electron chi connectivity index (χ1n) is 21.3. The molecule has 0 aromatic rings. The third-order valence-electron chi connectivity index (χ3n) is 14.2. The molecule has 4 aliphatic rings. The number of aliphatic hydroxyl groups is 1. The highest BCUT2D eigenvalue weighted by atomic mass is 16.5. The second kappa shape index (κ2) is 19.5. The number of unbranched alkanes of at least 4 members (excludes halogenated alkanes) is 11. The molecule has 4 aliphatic carbocycles. The van der Waals surface area contributed by atoms with Crippen LogP contribution in [0.5, 0.6) is 0 Å². The lowest BCUT2D eigenvalue weighted by Gasteiger charge is -2.59. The zero-order chi connectivity index (χ0) is 34.6. The summed E-state index contributed by atoms with van der Waals surface area (Å²) in [4.78, 5) is 12.8. The summed E-state index contributed by atoms with van der Waals surface area (Å²) in [7, 11) is 0. The highest BCUT2D eigenvalue weighted by Gasteiger charge is 2.61. The summed E-state index contributed by atoms with van der Waals surface area (Å²) in [5.74, 6) is 3.98. The summed E-state index contributed by atoms with van der Waals surface area (Å²) in [6, 6.07) is 0. The van der Waals surface area contributed by atoms with E-state index in [0.717, 1.165) is 49.9 Å². The number of esters is 1. The minimum absolute atomic E-state index is 0.0102. The maximum absolute atomic E-state index is 12.8. The second-order valence-corrected chi connectivity index (χ2v) is 18.1. The van der Waals surface area contributed by atoms with E-state index in [1.807, 2.05) is 0 Å². The Bertz CT molecular complexity index is 1010. The molecule has 0 aromatic carbocycles. The van der Waals surface area contributed by atoms with Gasteiger partial charge >= 0.3 is 5.97 Å². The first kappa shape index (κ1) is 39.7. The number of allylic oxidation sites excluding steroid dienone is 2. The van der Waals surface area contributed by atoms with Gasteiger partial charge in [-0.15, -0.1) is 0 Å². The molecule has 3 nitrogen and oxygen atoms in total. The van der Waals surface area contributed by atoms with Gasteiger partial charge in [0.25, 0.3) is 0 Å². The fourth-order valence-corrected chi connectivity index (χ4v) is 11.3. The van der Waals surface area contributed by atoms with Gasteiger partial charge in [0.2, 0.25) is 0 Å². The lowest BCUT2D eigenvalue weighted by molar-refractivity contribution is -0.152. The Morgan fingerprint density at radius 2 is 1.50 bits per heavy atom. The van der Waals surface area contributed by atoms with E-state index in [-0.39, 0.29) is 23.6 Å². The van der Waals surface area contributed by atoms with E-state index in [9.17, 15) is 9.90 Å². The molecule has 4 rings (SSSR count). The summed E-state index contributed by atoms with van der Waals surface area (Å²) in [6.45, 7) is 14.6. The molecule has 9 atom stereocenters. The molecular formula is C45H78O3. The smallest absolute Gasteiger partial charge is 0.306 e. The highest BCUT2D eigenvalue weighted by molar-refractivity contribution is 5.69. The van der Waals surface area contributed by atoms with Crippen LogP contribution in [0.4, 0.5) is 0 Å². The Hall–Kier alpha value is -1.09. The molecule has 3 heteroatoms. The van der Waals surface area contributed by atoms with Crippen LogP contribution in [0.15, 0.2) is 23.8 Å². The Labute approximate surface area is 297 Å². The fourth-order valence-electron chi connectivity index (χ4n) is 11.3. The van der Waals surface area contributed by atoms with Crippen LogP contribution in [0.1, 0.15) is 196 Å². The molecule has 0 bridgehead atoms. The lowest BCUT2D eigenvalue weighted by atomic mass is 9.46. The SMILES string of the molecule is CCCCCCCC/C=C\CCCCCCCC(=O)O[C@H]1CC[C@@]2(C)C(=C[C@H](O)[C@H]3[C@@H]4CC[C@H]([C@H](C)CCCC(C)C)[C@@]4(C)CC[C@@H]32)C1. The van der Waals surface area contributed by atoms with E-state index in [4.69, 9.17) is 4.74 Å². The highest BCUT2D eigenvalue weighted by Crippen LogP contribution is 2.67. The Morgan fingerprint density at radius 3 is 2.19 bits per heavy atom. The van der Waals surface area contributed by atoms with E-state index in [1.54, 1.807) is 0 Å². The van der Waals surface area contributed by atoms with Crippen molar-refractivity contribution >= 4 is 5.97 Å². The van der Waals surface area contributed by atoms with E-state index < -0.39 is 0 Å². The zero-order valence-corrected chi connectivity index (χ0v) is 32.6. The quantitative estimate of drug-likeness (QED) is 0.0753. The van der Waals surface area contributed by atoms with Crippen LogP contribution in [0.25, 0.3) is 0 Å². The number of aliphatic hydroxyl groups excluding tert-OH is 1. The van der Waals surface area contributed by atoms with Gasteiger partial charge in [-0.1, -0.05) is 136 Å². The maximum atomic E-state index is 12.8. The summed E-state index contributed by atoms with van der Waals surface area (Å²) >= 11 is 0. The number of carbonyl (C=O) groups excluding carboxylic acids is 1. The molecule has 0 spiro atoms. The van der Waals surface area contributed by atoms with Crippen molar-refractivity contribution in [3.8, 4) is 0 Å². The topological polar surface area (TPSA) is 46.5 Å². The molecule has 0 radical (unpaired) electrons. The van der Waals surface area contributed by atoms with Gasteiger partial charge in [-0.2, -0.15) is 0 Å². The van der Waals surface area contributed by atoms with Crippen molar-refractivity contribution in [1.29, 1.82) is 0 Å². The van der Waals surface area contributed by atoms with Crippen LogP contribution in [-0.4, -0.2) is 23.3 Å². The van der Waals surface area contributed by atoms with E-state index in [2.05, 4.69) is 59.8 Å². The summed E-state index contributed by atoms with van der Waals surface area (Å²) < 4.78 is 6.08. The first-order valence-corrected chi connectivity index (χ1v) is 21.3. The van der Waals surface area contributed by atoms with Crippen molar-refractivity contribution in [2.75, 3.05) is 0 Å². The van der Waals surface area contributed by atoms with Crippen molar-refractivity contribution in [1.82, 2.24) is 0 Å². The monoisotopic (exact) mass is 667 g/mol. The molecule has 3 fully saturated rings. The van der Waals surface area contributed by atoms with Crippen molar-refractivity contribution in [3.63, 3.8) is 0 Å². The molecule has 0 heterocycles. The molecule has 0 aliphatic heterocycles. The minimum Gasteiger partial charge on any atom is -0.462 e.